The van der Waals surface area contributed by atoms with E-state index in [0.717, 1.165) is 46.1 Å². The Morgan fingerprint density at radius 2 is 2.15 bits per heavy atom. The second-order valence-corrected chi connectivity index (χ2v) is 6.85. The highest BCUT2D eigenvalue weighted by Crippen LogP contribution is 2.32. The SMILES string of the molecule is C=Cc1cc(F)cc2c3c([nH]c12)CCC(NC(=O)OCc1ccccc1)C3. The van der Waals surface area contributed by atoms with Crippen molar-refractivity contribution < 1.29 is 13.9 Å². The summed E-state index contributed by atoms with van der Waals surface area (Å²) in [5, 5.41) is 3.80. The fourth-order valence-corrected chi connectivity index (χ4v) is 3.72. The van der Waals surface area contributed by atoms with Gasteiger partial charge in [-0.25, -0.2) is 9.18 Å². The van der Waals surface area contributed by atoms with E-state index in [1.807, 2.05) is 30.3 Å². The van der Waals surface area contributed by atoms with Crippen molar-refractivity contribution >= 4 is 23.1 Å². The van der Waals surface area contributed by atoms with E-state index < -0.39 is 6.09 Å². The second-order valence-electron chi connectivity index (χ2n) is 6.85. The van der Waals surface area contributed by atoms with E-state index in [9.17, 15) is 9.18 Å². The molecular weight excluding hydrogens is 343 g/mol. The van der Waals surface area contributed by atoms with Crippen LogP contribution in [0.15, 0.2) is 49.0 Å². The lowest BCUT2D eigenvalue weighted by atomic mass is 9.91. The van der Waals surface area contributed by atoms with E-state index in [4.69, 9.17) is 4.74 Å². The molecule has 0 bridgehead atoms. The first kappa shape index (κ1) is 17.3. The summed E-state index contributed by atoms with van der Waals surface area (Å²) in [7, 11) is 0. The van der Waals surface area contributed by atoms with Crippen LogP contribution in [0.2, 0.25) is 0 Å². The van der Waals surface area contributed by atoms with E-state index in [1.54, 1.807) is 12.1 Å². The van der Waals surface area contributed by atoms with E-state index in [2.05, 4.69) is 16.9 Å². The fraction of sp³-hybridized carbons (Fsp3) is 0.227. The van der Waals surface area contributed by atoms with Crippen molar-refractivity contribution in [2.75, 3.05) is 0 Å². The molecule has 1 aromatic heterocycles. The lowest BCUT2D eigenvalue weighted by molar-refractivity contribution is 0.134. The van der Waals surface area contributed by atoms with E-state index >= 15 is 0 Å². The first-order valence-corrected chi connectivity index (χ1v) is 9.06. The van der Waals surface area contributed by atoms with Gasteiger partial charge in [-0.05, 0) is 42.5 Å². The van der Waals surface area contributed by atoms with Gasteiger partial charge in [0.15, 0.2) is 0 Å². The quantitative estimate of drug-likeness (QED) is 0.703. The Morgan fingerprint density at radius 3 is 2.93 bits per heavy atom. The zero-order chi connectivity index (χ0) is 18.8. The van der Waals surface area contributed by atoms with Crippen LogP contribution in [-0.2, 0) is 24.2 Å². The van der Waals surface area contributed by atoms with Gasteiger partial charge in [-0.2, -0.15) is 0 Å². The third kappa shape index (κ3) is 3.58. The van der Waals surface area contributed by atoms with Gasteiger partial charge >= 0.3 is 6.09 Å². The number of hydrogen-bond acceptors (Lipinski definition) is 2. The molecule has 27 heavy (non-hydrogen) atoms. The predicted octanol–water partition coefficient (Wildman–Crippen LogP) is 4.73. The number of halogens is 1. The Hall–Kier alpha value is -3.08. The molecule has 4 nitrogen and oxygen atoms in total. The van der Waals surface area contributed by atoms with E-state index in [1.165, 1.54) is 6.07 Å². The minimum atomic E-state index is -0.426. The van der Waals surface area contributed by atoms with Crippen LogP contribution in [-0.4, -0.2) is 17.1 Å². The van der Waals surface area contributed by atoms with Crippen LogP contribution in [0.3, 0.4) is 0 Å². The van der Waals surface area contributed by atoms with Crippen molar-refractivity contribution in [1.29, 1.82) is 0 Å². The molecule has 1 amide bonds. The summed E-state index contributed by atoms with van der Waals surface area (Å²) < 4.78 is 19.3. The number of aromatic amines is 1. The van der Waals surface area contributed by atoms with Gasteiger partial charge in [-0.3, -0.25) is 0 Å². The number of carbonyl (C=O) groups excluding carboxylic acids is 1. The third-order valence-corrected chi connectivity index (χ3v) is 5.05. The first-order valence-electron chi connectivity index (χ1n) is 9.06. The molecule has 1 atom stereocenters. The predicted molar refractivity (Wildman–Crippen MR) is 104 cm³/mol. The van der Waals surface area contributed by atoms with Gasteiger partial charge in [0.05, 0.1) is 5.52 Å². The van der Waals surface area contributed by atoms with E-state index in [-0.39, 0.29) is 18.5 Å². The Balaban J connectivity index is 1.46. The van der Waals surface area contributed by atoms with Crippen molar-refractivity contribution in [3.05, 3.63) is 77.2 Å². The molecule has 0 fully saturated rings. The summed E-state index contributed by atoms with van der Waals surface area (Å²) in [5.74, 6) is -0.281. The van der Waals surface area contributed by atoms with Crippen molar-refractivity contribution in [3.63, 3.8) is 0 Å². The normalized spacial score (nSPS) is 16.0. The largest absolute Gasteiger partial charge is 0.445 e. The second kappa shape index (κ2) is 7.27. The van der Waals surface area contributed by atoms with Crippen LogP contribution >= 0.6 is 0 Å². The van der Waals surface area contributed by atoms with Crippen molar-refractivity contribution in [2.45, 2.75) is 31.9 Å². The lowest BCUT2D eigenvalue weighted by Gasteiger charge is -2.23. The number of ether oxygens (including phenoxy) is 1. The third-order valence-electron chi connectivity index (χ3n) is 5.05. The van der Waals surface area contributed by atoms with E-state index in [0.29, 0.717) is 6.42 Å². The molecule has 5 heteroatoms. The molecular formula is C22H21FN2O2. The van der Waals surface area contributed by atoms with Crippen molar-refractivity contribution in [1.82, 2.24) is 10.3 Å². The summed E-state index contributed by atoms with van der Waals surface area (Å²) in [5.41, 5.74) is 4.78. The van der Waals surface area contributed by atoms with Crippen LogP contribution in [0.5, 0.6) is 0 Å². The highest BCUT2D eigenvalue weighted by atomic mass is 19.1. The summed E-state index contributed by atoms with van der Waals surface area (Å²) in [6, 6.07) is 12.6. The fourth-order valence-electron chi connectivity index (χ4n) is 3.72. The minimum Gasteiger partial charge on any atom is -0.445 e. The van der Waals surface area contributed by atoms with Crippen LogP contribution < -0.4 is 5.32 Å². The van der Waals surface area contributed by atoms with Gasteiger partial charge in [0.1, 0.15) is 12.4 Å². The van der Waals surface area contributed by atoms with Crippen LogP contribution in [0.1, 0.15) is 28.8 Å². The monoisotopic (exact) mass is 364 g/mol. The van der Waals surface area contributed by atoms with Gasteiger partial charge in [-0.1, -0.05) is 43.0 Å². The molecule has 1 aliphatic rings. The highest BCUT2D eigenvalue weighted by Gasteiger charge is 2.25. The van der Waals surface area contributed by atoms with Gasteiger partial charge in [-0.15, -0.1) is 0 Å². The molecule has 0 radical (unpaired) electrons. The van der Waals surface area contributed by atoms with Crippen LogP contribution in [0, 0.1) is 5.82 Å². The number of carbonyl (C=O) groups is 1. The number of amides is 1. The Morgan fingerprint density at radius 1 is 1.33 bits per heavy atom. The highest BCUT2D eigenvalue weighted by molar-refractivity contribution is 5.91. The molecule has 3 aromatic rings. The minimum absolute atomic E-state index is 0.0322. The summed E-state index contributed by atoms with van der Waals surface area (Å²) >= 11 is 0. The summed E-state index contributed by atoms with van der Waals surface area (Å²) in [6.07, 6.45) is 3.49. The molecule has 2 N–H and O–H groups in total. The van der Waals surface area contributed by atoms with Crippen molar-refractivity contribution in [2.24, 2.45) is 0 Å². The van der Waals surface area contributed by atoms with Crippen molar-refractivity contribution in [3.8, 4) is 0 Å². The molecule has 1 unspecified atom stereocenters. The standard InChI is InChI=1S/C22H21FN2O2/c1-2-15-10-16(23)11-19-18-12-17(8-9-20(18)25-21(15)19)24-22(26)27-13-14-6-4-3-5-7-14/h2-7,10-11,17,25H,1,8-9,12-13H2,(H,24,26). The average molecular weight is 364 g/mol. The number of H-pyrrole nitrogens is 1. The molecule has 0 saturated carbocycles. The molecule has 4 rings (SSSR count). The van der Waals surface area contributed by atoms with Crippen LogP contribution in [0.4, 0.5) is 9.18 Å². The van der Waals surface area contributed by atoms with Crippen LogP contribution in [0.25, 0.3) is 17.0 Å². The maximum atomic E-state index is 13.9. The molecule has 2 aromatic carbocycles. The average Bonchev–Trinajstić information content (AvgIpc) is 3.04. The first-order chi connectivity index (χ1) is 13.1. The molecule has 0 saturated heterocycles. The maximum absolute atomic E-state index is 13.9. The number of alkyl carbamates (subject to hydrolysis) is 1. The number of aromatic nitrogens is 1. The number of rotatable bonds is 4. The van der Waals surface area contributed by atoms with Gasteiger partial charge in [0.2, 0.25) is 0 Å². The van der Waals surface area contributed by atoms with Gasteiger partial charge < -0.3 is 15.0 Å². The molecule has 0 spiro atoms. The maximum Gasteiger partial charge on any atom is 0.407 e. The van der Waals surface area contributed by atoms with Gasteiger partial charge in [0, 0.05) is 22.7 Å². The Bertz CT molecular complexity index is 994. The zero-order valence-electron chi connectivity index (χ0n) is 14.9. The number of nitrogens with one attached hydrogen (secondary N) is 2. The number of hydrogen-bond donors (Lipinski definition) is 2. The summed E-state index contributed by atoms with van der Waals surface area (Å²) in [4.78, 5) is 15.5. The number of fused-ring (bicyclic) bond motifs is 3. The topological polar surface area (TPSA) is 54.1 Å². The molecule has 0 aliphatic heterocycles. The Labute approximate surface area is 157 Å². The lowest BCUT2D eigenvalue weighted by Crippen LogP contribution is -2.39. The molecule has 138 valence electrons. The van der Waals surface area contributed by atoms with Gasteiger partial charge in [0.25, 0.3) is 0 Å². The summed E-state index contributed by atoms with van der Waals surface area (Å²) in [6.45, 7) is 4.01. The number of benzene rings is 2. The number of aryl methyl sites for hydroxylation is 1. The molecule has 1 heterocycles. The molecule has 1 aliphatic carbocycles. The smallest absolute Gasteiger partial charge is 0.407 e. The zero-order valence-corrected chi connectivity index (χ0v) is 14.9. The Kier molecular flexibility index (Phi) is 4.67.